The molecule has 1 aromatic heterocycles. The van der Waals surface area contributed by atoms with Crippen LogP contribution in [0.1, 0.15) is 30.3 Å². The molecule has 2 heterocycles. The fraction of sp³-hybridized carbons (Fsp3) is 0.444. The van der Waals surface area contributed by atoms with Gasteiger partial charge in [-0.3, -0.25) is 0 Å². The number of nitrogens with zero attached hydrogens (tertiary/aromatic N) is 3. The number of benzene rings is 1. The molecular formula is C18H24N4O. The van der Waals surface area contributed by atoms with Crippen molar-refractivity contribution in [3.05, 3.63) is 47.3 Å². The Bertz CT molecular complexity index is 674. The Kier molecular flexibility index (Phi) is 4.76. The quantitative estimate of drug-likeness (QED) is 0.831. The van der Waals surface area contributed by atoms with Gasteiger partial charge in [-0.1, -0.05) is 24.3 Å². The topological polar surface area (TPSA) is 61.3 Å². The van der Waals surface area contributed by atoms with Crippen molar-refractivity contribution >= 4 is 11.6 Å². The maximum Gasteiger partial charge on any atom is 0.134 e. The zero-order valence-corrected chi connectivity index (χ0v) is 13.8. The van der Waals surface area contributed by atoms with Crippen molar-refractivity contribution < 1.29 is 5.11 Å². The van der Waals surface area contributed by atoms with Crippen LogP contribution in [0, 0.1) is 6.92 Å². The van der Waals surface area contributed by atoms with Crippen LogP contribution in [0.2, 0.25) is 0 Å². The van der Waals surface area contributed by atoms with Crippen molar-refractivity contribution in [1.82, 2.24) is 9.97 Å². The molecule has 0 radical (unpaired) electrons. The highest BCUT2D eigenvalue weighted by atomic mass is 16.3. The van der Waals surface area contributed by atoms with Gasteiger partial charge in [0.25, 0.3) is 0 Å². The fourth-order valence-corrected chi connectivity index (χ4v) is 3.07. The number of aromatic nitrogens is 2. The summed E-state index contributed by atoms with van der Waals surface area (Å²) in [4.78, 5) is 11.4. The summed E-state index contributed by atoms with van der Waals surface area (Å²) in [7, 11) is 0. The predicted molar refractivity (Wildman–Crippen MR) is 92.8 cm³/mol. The van der Waals surface area contributed by atoms with Crippen molar-refractivity contribution in [2.24, 2.45) is 0 Å². The second-order valence-corrected chi connectivity index (χ2v) is 6.11. The van der Waals surface area contributed by atoms with Crippen LogP contribution in [0.15, 0.2) is 30.3 Å². The first-order valence-electron chi connectivity index (χ1n) is 8.21. The first kappa shape index (κ1) is 15.7. The summed E-state index contributed by atoms with van der Waals surface area (Å²) in [6.07, 6.45) is 1.75. The maximum absolute atomic E-state index is 8.90. The SMILES string of the molecule is Cc1nc(NCCCO)cc(N2Cc3ccccc3C[C@H]2C)n1. The van der Waals surface area contributed by atoms with E-state index in [0.29, 0.717) is 19.0 Å². The molecule has 0 aliphatic carbocycles. The smallest absolute Gasteiger partial charge is 0.134 e. The zero-order chi connectivity index (χ0) is 16.2. The number of aliphatic hydroxyl groups is 1. The molecule has 122 valence electrons. The number of nitrogens with one attached hydrogen (secondary N) is 1. The van der Waals surface area contributed by atoms with Gasteiger partial charge < -0.3 is 15.3 Å². The molecule has 5 nitrogen and oxygen atoms in total. The molecule has 2 N–H and O–H groups in total. The molecule has 1 aromatic carbocycles. The lowest BCUT2D eigenvalue weighted by Gasteiger charge is -2.36. The first-order valence-corrected chi connectivity index (χ1v) is 8.21. The minimum absolute atomic E-state index is 0.184. The van der Waals surface area contributed by atoms with E-state index in [-0.39, 0.29) is 6.61 Å². The Morgan fingerprint density at radius 2 is 2.04 bits per heavy atom. The molecule has 1 aliphatic rings. The molecule has 23 heavy (non-hydrogen) atoms. The molecule has 0 spiro atoms. The molecule has 2 aromatic rings. The van der Waals surface area contributed by atoms with Crippen LogP contribution < -0.4 is 10.2 Å². The molecule has 0 saturated carbocycles. The molecule has 0 bridgehead atoms. The van der Waals surface area contributed by atoms with E-state index >= 15 is 0 Å². The number of aryl methyl sites for hydroxylation is 1. The van der Waals surface area contributed by atoms with Crippen LogP contribution in [0.4, 0.5) is 11.6 Å². The lowest BCUT2D eigenvalue weighted by Crippen LogP contribution is -2.39. The van der Waals surface area contributed by atoms with Crippen LogP contribution in [0.3, 0.4) is 0 Å². The van der Waals surface area contributed by atoms with E-state index in [9.17, 15) is 0 Å². The Balaban J connectivity index is 1.83. The van der Waals surface area contributed by atoms with Crippen LogP contribution in [0.25, 0.3) is 0 Å². The van der Waals surface area contributed by atoms with Crippen molar-refractivity contribution in [3.8, 4) is 0 Å². The van der Waals surface area contributed by atoms with Crippen molar-refractivity contribution in [2.45, 2.75) is 39.3 Å². The van der Waals surface area contributed by atoms with E-state index in [1.54, 1.807) is 0 Å². The van der Waals surface area contributed by atoms with Crippen LogP contribution in [-0.2, 0) is 13.0 Å². The Morgan fingerprint density at radius 1 is 1.26 bits per heavy atom. The highest BCUT2D eigenvalue weighted by Crippen LogP contribution is 2.28. The van der Waals surface area contributed by atoms with Crippen LogP contribution >= 0.6 is 0 Å². The van der Waals surface area contributed by atoms with Gasteiger partial charge in [0.2, 0.25) is 0 Å². The lowest BCUT2D eigenvalue weighted by molar-refractivity contribution is 0.292. The molecular weight excluding hydrogens is 288 g/mol. The molecule has 0 fully saturated rings. The highest BCUT2D eigenvalue weighted by Gasteiger charge is 2.24. The summed E-state index contributed by atoms with van der Waals surface area (Å²) in [5, 5.41) is 12.2. The van der Waals surface area contributed by atoms with E-state index in [1.807, 2.05) is 13.0 Å². The number of fused-ring (bicyclic) bond motifs is 1. The lowest BCUT2D eigenvalue weighted by atomic mass is 9.95. The monoisotopic (exact) mass is 312 g/mol. The highest BCUT2D eigenvalue weighted by molar-refractivity contribution is 5.52. The first-order chi connectivity index (χ1) is 11.2. The number of aliphatic hydroxyl groups excluding tert-OH is 1. The van der Waals surface area contributed by atoms with Crippen molar-refractivity contribution in [2.75, 3.05) is 23.4 Å². The van der Waals surface area contributed by atoms with Crippen LogP contribution in [0.5, 0.6) is 0 Å². The molecule has 0 unspecified atom stereocenters. The molecule has 3 rings (SSSR count). The third kappa shape index (κ3) is 3.62. The van der Waals surface area contributed by atoms with Gasteiger partial charge in [0, 0.05) is 31.8 Å². The normalized spacial score (nSPS) is 17.0. The summed E-state index contributed by atoms with van der Waals surface area (Å²) in [6.45, 7) is 5.94. The van der Waals surface area contributed by atoms with E-state index in [0.717, 1.165) is 30.4 Å². The summed E-state index contributed by atoms with van der Waals surface area (Å²) in [5.41, 5.74) is 2.81. The predicted octanol–water partition coefficient (Wildman–Crippen LogP) is 2.53. The minimum Gasteiger partial charge on any atom is -0.396 e. The Morgan fingerprint density at radius 3 is 2.83 bits per heavy atom. The fourth-order valence-electron chi connectivity index (χ4n) is 3.07. The largest absolute Gasteiger partial charge is 0.396 e. The van der Waals surface area contributed by atoms with Crippen LogP contribution in [-0.4, -0.2) is 34.3 Å². The van der Waals surface area contributed by atoms with Gasteiger partial charge in [-0.25, -0.2) is 9.97 Å². The van der Waals surface area contributed by atoms with Gasteiger partial charge >= 0.3 is 0 Å². The molecule has 5 heteroatoms. The number of hydrogen-bond acceptors (Lipinski definition) is 5. The van der Waals surface area contributed by atoms with Crippen molar-refractivity contribution in [1.29, 1.82) is 0 Å². The number of anilines is 2. The van der Waals surface area contributed by atoms with Gasteiger partial charge in [0.15, 0.2) is 0 Å². The summed E-state index contributed by atoms with van der Waals surface area (Å²) < 4.78 is 0. The number of rotatable bonds is 5. The maximum atomic E-state index is 8.90. The third-order valence-corrected chi connectivity index (χ3v) is 4.27. The van der Waals surface area contributed by atoms with Gasteiger partial charge in [0.1, 0.15) is 17.5 Å². The standard InChI is InChI=1S/C18H24N4O/c1-13-10-15-6-3-4-7-16(15)12-22(13)18-11-17(19-8-5-9-23)20-14(2)21-18/h3-4,6-7,11,13,23H,5,8-10,12H2,1-2H3,(H,19,20,21)/t13-/m1/s1. The molecule has 0 saturated heterocycles. The Labute approximate surface area is 137 Å². The molecule has 1 aliphatic heterocycles. The van der Waals surface area contributed by atoms with E-state index in [2.05, 4.69) is 51.4 Å². The van der Waals surface area contributed by atoms with E-state index in [1.165, 1.54) is 11.1 Å². The average Bonchev–Trinajstić information content (AvgIpc) is 2.54. The van der Waals surface area contributed by atoms with Gasteiger partial charge in [-0.15, -0.1) is 0 Å². The molecule has 0 amide bonds. The van der Waals surface area contributed by atoms with E-state index in [4.69, 9.17) is 5.11 Å². The molecule has 1 atom stereocenters. The summed E-state index contributed by atoms with van der Waals surface area (Å²) >= 11 is 0. The Hall–Kier alpha value is -2.14. The minimum atomic E-state index is 0.184. The van der Waals surface area contributed by atoms with Crippen molar-refractivity contribution in [3.63, 3.8) is 0 Å². The number of hydrogen-bond donors (Lipinski definition) is 2. The average molecular weight is 312 g/mol. The van der Waals surface area contributed by atoms with Gasteiger partial charge in [-0.2, -0.15) is 0 Å². The second-order valence-electron chi connectivity index (χ2n) is 6.11. The second kappa shape index (κ2) is 6.96. The van der Waals surface area contributed by atoms with Gasteiger partial charge in [-0.05, 0) is 37.8 Å². The zero-order valence-electron chi connectivity index (χ0n) is 13.8. The summed E-state index contributed by atoms with van der Waals surface area (Å²) in [5.74, 6) is 2.55. The third-order valence-electron chi connectivity index (χ3n) is 4.27. The van der Waals surface area contributed by atoms with E-state index < -0.39 is 0 Å². The van der Waals surface area contributed by atoms with Gasteiger partial charge in [0.05, 0.1) is 0 Å². The summed E-state index contributed by atoms with van der Waals surface area (Å²) in [6, 6.07) is 11.0.